The average Bonchev–Trinajstić information content (AvgIpc) is 2.80. The SMILES string of the molecule is C=CCN(CC=C)C(=O)c1ccc(NC(=O)NC2(c3ccc(F)cc3)CCOCC2)cc1. The number of hydrogen-bond acceptors (Lipinski definition) is 3. The summed E-state index contributed by atoms with van der Waals surface area (Å²) in [6, 6.07) is 12.5. The van der Waals surface area contributed by atoms with E-state index in [2.05, 4.69) is 23.8 Å². The molecule has 2 aromatic rings. The van der Waals surface area contributed by atoms with Gasteiger partial charge in [-0.3, -0.25) is 4.79 Å². The van der Waals surface area contributed by atoms with Crippen LogP contribution < -0.4 is 10.6 Å². The second-order valence-electron chi connectivity index (χ2n) is 7.65. The second kappa shape index (κ2) is 10.7. The molecule has 0 radical (unpaired) electrons. The van der Waals surface area contributed by atoms with E-state index in [0.29, 0.717) is 50.4 Å². The number of rotatable bonds is 8. The fraction of sp³-hybridized carbons (Fsp3) is 0.280. The van der Waals surface area contributed by atoms with E-state index in [9.17, 15) is 14.0 Å². The number of ether oxygens (including phenoxy) is 1. The zero-order valence-electron chi connectivity index (χ0n) is 18.0. The zero-order valence-corrected chi connectivity index (χ0v) is 18.0. The molecule has 0 spiro atoms. The monoisotopic (exact) mass is 437 g/mol. The van der Waals surface area contributed by atoms with Crippen molar-refractivity contribution in [3.8, 4) is 0 Å². The zero-order chi connectivity index (χ0) is 23.0. The topological polar surface area (TPSA) is 70.7 Å². The predicted octanol–water partition coefficient (Wildman–Crippen LogP) is 4.47. The highest BCUT2D eigenvalue weighted by atomic mass is 19.1. The summed E-state index contributed by atoms with van der Waals surface area (Å²) in [5.74, 6) is -0.465. The van der Waals surface area contributed by atoms with Gasteiger partial charge in [0.1, 0.15) is 5.82 Å². The van der Waals surface area contributed by atoms with Crippen LogP contribution in [0.4, 0.5) is 14.9 Å². The van der Waals surface area contributed by atoms with E-state index >= 15 is 0 Å². The van der Waals surface area contributed by atoms with Gasteiger partial charge in [0.2, 0.25) is 0 Å². The number of hydrogen-bond donors (Lipinski definition) is 2. The van der Waals surface area contributed by atoms with Crippen molar-refractivity contribution in [3.05, 3.63) is 90.8 Å². The first-order valence-corrected chi connectivity index (χ1v) is 10.5. The normalized spacial score (nSPS) is 14.8. The molecule has 1 aliphatic rings. The van der Waals surface area contributed by atoms with Crippen LogP contribution in [-0.2, 0) is 10.3 Å². The number of carbonyl (C=O) groups is 2. The fourth-order valence-electron chi connectivity index (χ4n) is 3.79. The minimum absolute atomic E-state index is 0.140. The Morgan fingerprint density at radius 3 is 2.16 bits per heavy atom. The Labute approximate surface area is 187 Å². The molecule has 7 heteroatoms. The molecule has 2 N–H and O–H groups in total. The van der Waals surface area contributed by atoms with Crippen LogP contribution in [-0.4, -0.2) is 43.1 Å². The average molecular weight is 438 g/mol. The van der Waals surface area contributed by atoms with Gasteiger partial charge in [-0.05, 0) is 54.8 Å². The number of halogens is 1. The summed E-state index contributed by atoms with van der Waals surface area (Å²) in [5, 5.41) is 5.87. The number of benzene rings is 2. The standard InChI is InChI=1S/C25H28FN3O3/c1-3-15-29(16-4-2)23(30)19-5-11-22(12-6-19)27-24(31)28-25(13-17-32-18-14-25)20-7-9-21(26)10-8-20/h3-12H,1-2,13-18H2,(H2,27,28,31). The molecule has 0 saturated carbocycles. The summed E-state index contributed by atoms with van der Waals surface area (Å²) in [6.45, 7) is 9.19. The van der Waals surface area contributed by atoms with Gasteiger partial charge in [-0.25, -0.2) is 9.18 Å². The van der Waals surface area contributed by atoms with Crippen molar-refractivity contribution in [2.24, 2.45) is 0 Å². The van der Waals surface area contributed by atoms with Crippen LogP contribution in [0, 0.1) is 5.82 Å². The van der Waals surface area contributed by atoms with Crippen molar-refractivity contribution < 1.29 is 18.7 Å². The number of nitrogens with one attached hydrogen (secondary N) is 2. The van der Waals surface area contributed by atoms with E-state index < -0.39 is 5.54 Å². The quantitative estimate of drug-likeness (QED) is 0.599. The molecule has 0 bridgehead atoms. The summed E-state index contributed by atoms with van der Waals surface area (Å²) in [6.07, 6.45) is 4.49. The van der Waals surface area contributed by atoms with E-state index in [1.54, 1.807) is 53.5 Å². The lowest BCUT2D eigenvalue weighted by molar-refractivity contribution is 0.0417. The van der Waals surface area contributed by atoms with Crippen molar-refractivity contribution in [1.82, 2.24) is 10.2 Å². The largest absolute Gasteiger partial charge is 0.381 e. The van der Waals surface area contributed by atoms with Gasteiger partial charge < -0.3 is 20.3 Å². The molecule has 0 unspecified atom stereocenters. The van der Waals surface area contributed by atoms with Gasteiger partial charge in [0.15, 0.2) is 0 Å². The number of anilines is 1. The molecule has 1 saturated heterocycles. The number of carbonyl (C=O) groups excluding carboxylic acids is 2. The van der Waals surface area contributed by atoms with Crippen molar-refractivity contribution in [1.29, 1.82) is 0 Å². The maximum absolute atomic E-state index is 13.4. The summed E-state index contributed by atoms with van der Waals surface area (Å²) in [5.41, 5.74) is 1.26. The van der Waals surface area contributed by atoms with Crippen LogP contribution in [0.3, 0.4) is 0 Å². The van der Waals surface area contributed by atoms with Crippen molar-refractivity contribution in [2.45, 2.75) is 18.4 Å². The third-order valence-electron chi connectivity index (χ3n) is 5.47. The maximum atomic E-state index is 13.4. The first-order valence-electron chi connectivity index (χ1n) is 10.5. The van der Waals surface area contributed by atoms with Gasteiger partial charge >= 0.3 is 6.03 Å². The summed E-state index contributed by atoms with van der Waals surface area (Å²) in [4.78, 5) is 27.0. The molecule has 0 aromatic heterocycles. The lowest BCUT2D eigenvalue weighted by atomic mass is 9.83. The molecule has 32 heavy (non-hydrogen) atoms. The number of nitrogens with zero attached hydrogens (tertiary/aromatic N) is 1. The van der Waals surface area contributed by atoms with Crippen LogP contribution in [0.1, 0.15) is 28.8 Å². The molecule has 3 amide bonds. The molecule has 1 aliphatic heterocycles. The fourth-order valence-corrected chi connectivity index (χ4v) is 3.79. The van der Waals surface area contributed by atoms with Gasteiger partial charge in [-0.2, -0.15) is 0 Å². The third kappa shape index (κ3) is 5.62. The molecular weight excluding hydrogens is 409 g/mol. The van der Waals surface area contributed by atoms with Crippen molar-refractivity contribution in [3.63, 3.8) is 0 Å². The van der Waals surface area contributed by atoms with E-state index in [1.807, 2.05) is 0 Å². The highest BCUT2D eigenvalue weighted by Crippen LogP contribution is 2.32. The van der Waals surface area contributed by atoms with Gasteiger partial charge in [0.25, 0.3) is 5.91 Å². The number of amides is 3. The van der Waals surface area contributed by atoms with Crippen LogP contribution in [0.25, 0.3) is 0 Å². The van der Waals surface area contributed by atoms with E-state index in [-0.39, 0.29) is 17.8 Å². The van der Waals surface area contributed by atoms with E-state index in [4.69, 9.17) is 4.74 Å². The first kappa shape index (κ1) is 23.2. The minimum atomic E-state index is -0.637. The van der Waals surface area contributed by atoms with Crippen LogP contribution >= 0.6 is 0 Å². The Kier molecular flexibility index (Phi) is 7.78. The molecular formula is C25H28FN3O3. The lowest BCUT2D eigenvalue weighted by Crippen LogP contribution is -2.50. The molecule has 6 nitrogen and oxygen atoms in total. The minimum Gasteiger partial charge on any atom is -0.381 e. The molecule has 1 fully saturated rings. The third-order valence-corrected chi connectivity index (χ3v) is 5.47. The Morgan fingerprint density at radius 2 is 1.59 bits per heavy atom. The van der Waals surface area contributed by atoms with E-state index in [0.717, 1.165) is 5.56 Å². The summed E-state index contributed by atoms with van der Waals surface area (Å²) >= 11 is 0. The highest BCUT2D eigenvalue weighted by molar-refractivity contribution is 5.95. The van der Waals surface area contributed by atoms with Crippen molar-refractivity contribution >= 4 is 17.6 Å². The Balaban J connectivity index is 1.69. The second-order valence-corrected chi connectivity index (χ2v) is 7.65. The van der Waals surface area contributed by atoms with Gasteiger partial charge in [0.05, 0.1) is 5.54 Å². The Hall–Kier alpha value is -3.45. The lowest BCUT2D eigenvalue weighted by Gasteiger charge is -2.38. The molecule has 0 atom stereocenters. The van der Waals surface area contributed by atoms with Gasteiger partial charge in [-0.15, -0.1) is 13.2 Å². The first-order chi connectivity index (χ1) is 15.5. The Bertz CT molecular complexity index is 941. The summed E-state index contributed by atoms with van der Waals surface area (Å²) < 4.78 is 18.9. The van der Waals surface area contributed by atoms with Gasteiger partial charge in [-0.1, -0.05) is 24.3 Å². The van der Waals surface area contributed by atoms with Crippen LogP contribution in [0.2, 0.25) is 0 Å². The van der Waals surface area contributed by atoms with E-state index in [1.165, 1.54) is 12.1 Å². The molecule has 0 aliphatic carbocycles. The number of urea groups is 1. The molecule has 168 valence electrons. The summed E-state index contributed by atoms with van der Waals surface area (Å²) in [7, 11) is 0. The molecule has 2 aromatic carbocycles. The highest BCUT2D eigenvalue weighted by Gasteiger charge is 2.36. The van der Waals surface area contributed by atoms with Gasteiger partial charge in [0, 0.05) is 37.6 Å². The molecule has 3 rings (SSSR count). The maximum Gasteiger partial charge on any atom is 0.319 e. The van der Waals surface area contributed by atoms with Crippen LogP contribution in [0.15, 0.2) is 73.8 Å². The Morgan fingerprint density at radius 1 is 1.00 bits per heavy atom. The smallest absolute Gasteiger partial charge is 0.319 e. The van der Waals surface area contributed by atoms with Crippen LogP contribution in [0.5, 0.6) is 0 Å². The van der Waals surface area contributed by atoms with Crippen molar-refractivity contribution in [2.75, 3.05) is 31.6 Å². The predicted molar refractivity (Wildman–Crippen MR) is 123 cm³/mol. The molecule has 1 heterocycles.